The van der Waals surface area contributed by atoms with Crippen molar-refractivity contribution in [3.8, 4) is 0 Å². The highest BCUT2D eigenvalue weighted by Crippen LogP contribution is 2.22. The molecule has 16 heavy (non-hydrogen) atoms. The molecule has 0 bridgehead atoms. The van der Waals surface area contributed by atoms with Crippen molar-refractivity contribution in [2.75, 3.05) is 0 Å². The summed E-state index contributed by atoms with van der Waals surface area (Å²) in [6.07, 6.45) is -1.66. The largest absolute Gasteiger partial charge is 0.390 e. The van der Waals surface area contributed by atoms with Gasteiger partial charge in [0.2, 0.25) is 0 Å². The molecule has 1 aromatic rings. The minimum atomic E-state index is -4.12. The van der Waals surface area contributed by atoms with Crippen LogP contribution in [0, 0.1) is 0 Å². The van der Waals surface area contributed by atoms with Crippen molar-refractivity contribution >= 4 is 0 Å². The third kappa shape index (κ3) is 4.61. The molecule has 0 aliphatic rings. The van der Waals surface area contributed by atoms with E-state index in [0.717, 1.165) is 5.56 Å². The van der Waals surface area contributed by atoms with E-state index < -0.39 is 18.6 Å². The van der Waals surface area contributed by atoms with Gasteiger partial charge in [-0.3, -0.25) is 4.98 Å². The van der Waals surface area contributed by atoms with Crippen LogP contribution in [0.5, 0.6) is 0 Å². The molecule has 1 N–H and O–H groups in total. The quantitative estimate of drug-likeness (QED) is 0.862. The van der Waals surface area contributed by atoms with Crippen molar-refractivity contribution in [2.45, 2.75) is 38.5 Å². The number of nitrogens with zero attached hydrogens (tertiary/aromatic N) is 1. The van der Waals surface area contributed by atoms with Crippen molar-refractivity contribution in [2.24, 2.45) is 0 Å². The Morgan fingerprint density at radius 3 is 2.56 bits per heavy atom. The maximum atomic E-state index is 12.1. The monoisotopic (exact) mass is 232 g/mol. The molecule has 0 spiro atoms. The van der Waals surface area contributed by atoms with Gasteiger partial charge in [-0.1, -0.05) is 6.07 Å². The van der Waals surface area contributed by atoms with E-state index >= 15 is 0 Å². The van der Waals surface area contributed by atoms with Crippen molar-refractivity contribution < 1.29 is 13.2 Å². The average Bonchev–Trinajstić information content (AvgIpc) is 2.16. The van der Waals surface area contributed by atoms with Gasteiger partial charge in [-0.25, -0.2) is 0 Å². The zero-order valence-electron chi connectivity index (χ0n) is 9.25. The SMILES string of the molecule is CC(CC(F)(F)F)NC(C)c1cccnc1. The summed E-state index contributed by atoms with van der Waals surface area (Å²) < 4.78 is 36.3. The van der Waals surface area contributed by atoms with E-state index in [1.54, 1.807) is 18.5 Å². The van der Waals surface area contributed by atoms with Crippen LogP contribution in [0.15, 0.2) is 24.5 Å². The fourth-order valence-electron chi connectivity index (χ4n) is 1.56. The molecule has 0 fully saturated rings. The summed E-state index contributed by atoms with van der Waals surface area (Å²) in [5.74, 6) is 0. The summed E-state index contributed by atoms with van der Waals surface area (Å²) in [6.45, 7) is 3.35. The van der Waals surface area contributed by atoms with Crippen LogP contribution in [0.1, 0.15) is 31.9 Å². The summed E-state index contributed by atoms with van der Waals surface area (Å²) in [4.78, 5) is 3.93. The lowest BCUT2D eigenvalue weighted by Crippen LogP contribution is -2.33. The van der Waals surface area contributed by atoms with Crippen LogP contribution in [0.4, 0.5) is 13.2 Å². The Morgan fingerprint density at radius 1 is 1.38 bits per heavy atom. The summed E-state index contributed by atoms with van der Waals surface area (Å²) in [5, 5.41) is 2.89. The smallest absolute Gasteiger partial charge is 0.307 e. The van der Waals surface area contributed by atoms with Gasteiger partial charge < -0.3 is 5.32 Å². The average molecular weight is 232 g/mol. The first-order chi connectivity index (χ1) is 7.38. The molecule has 2 nitrogen and oxygen atoms in total. The second-order valence-electron chi connectivity index (χ2n) is 3.90. The first-order valence-corrected chi connectivity index (χ1v) is 5.11. The molecular formula is C11H15F3N2. The molecular weight excluding hydrogens is 217 g/mol. The molecule has 0 saturated carbocycles. The molecule has 2 unspecified atom stereocenters. The van der Waals surface area contributed by atoms with Crippen molar-refractivity contribution in [1.82, 2.24) is 10.3 Å². The topological polar surface area (TPSA) is 24.9 Å². The van der Waals surface area contributed by atoms with E-state index in [1.165, 1.54) is 6.92 Å². The van der Waals surface area contributed by atoms with Crippen LogP contribution in [0.25, 0.3) is 0 Å². The van der Waals surface area contributed by atoms with Gasteiger partial charge in [-0.15, -0.1) is 0 Å². The fourth-order valence-corrected chi connectivity index (χ4v) is 1.56. The van der Waals surface area contributed by atoms with Crippen LogP contribution in [0.2, 0.25) is 0 Å². The van der Waals surface area contributed by atoms with Gasteiger partial charge in [-0.2, -0.15) is 13.2 Å². The molecule has 1 aromatic heterocycles. The number of pyridine rings is 1. The molecule has 1 heterocycles. The Bertz CT molecular complexity index is 311. The van der Waals surface area contributed by atoms with Gasteiger partial charge in [0.25, 0.3) is 0 Å². The van der Waals surface area contributed by atoms with Crippen molar-refractivity contribution in [1.29, 1.82) is 0 Å². The maximum Gasteiger partial charge on any atom is 0.390 e. The van der Waals surface area contributed by atoms with Crippen LogP contribution in [-0.2, 0) is 0 Å². The highest BCUT2D eigenvalue weighted by Gasteiger charge is 2.30. The molecule has 1 rings (SSSR count). The van der Waals surface area contributed by atoms with E-state index in [2.05, 4.69) is 10.3 Å². The Hall–Kier alpha value is -1.10. The molecule has 0 aliphatic heterocycles. The Kier molecular flexibility index (Phi) is 4.29. The fraction of sp³-hybridized carbons (Fsp3) is 0.545. The lowest BCUT2D eigenvalue weighted by Gasteiger charge is -2.21. The van der Waals surface area contributed by atoms with E-state index in [0.29, 0.717) is 0 Å². The second kappa shape index (κ2) is 5.30. The van der Waals surface area contributed by atoms with E-state index in [9.17, 15) is 13.2 Å². The molecule has 90 valence electrons. The van der Waals surface area contributed by atoms with Gasteiger partial charge >= 0.3 is 6.18 Å². The van der Waals surface area contributed by atoms with Crippen LogP contribution < -0.4 is 5.32 Å². The van der Waals surface area contributed by atoms with Gasteiger partial charge in [0.15, 0.2) is 0 Å². The third-order valence-corrected chi connectivity index (χ3v) is 2.26. The molecule has 5 heteroatoms. The number of hydrogen-bond donors (Lipinski definition) is 1. The maximum absolute atomic E-state index is 12.1. The standard InChI is InChI=1S/C11H15F3N2/c1-8(6-11(12,13)14)16-9(2)10-4-3-5-15-7-10/h3-5,7-9,16H,6H2,1-2H3. The number of halogens is 3. The van der Waals surface area contributed by atoms with Gasteiger partial charge in [0, 0.05) is 24.5 Å². The Labute approximate surface area is 92.9 Å². The Balaban J connectivity index is 2.49. The zero-order chi connectivity index (χ0) is 12.2. The predicted octanol–water partition coefficient (Wildman–Crippen LogP) is 3.07. The minimum absolute atomic E-state index is 0.133. The first kappa shape index (κ1) is 13.0. The normalized spacial score (nSPS) is 15.8. The van der Waals surface area contributed by atoms with Gasteiger partial charge in [0.05, 0.1) is 6.42 Å². The summed E-state index contributed by atoms with van der Waals surface area (Å²) in [7, 11) is 0. The lowest BCUT2D eigenvalue weighted by molar-refractivity contribution is -0.139. The zero-order valence-corrected chi connectivity index (χ0v) is 9.25. The first-order valence-electron chi connectivity index (χ1n) is 5.11. The van der Waals surface area contributed by atoms with Crippen LogP contribution in [-0.4, -0.2) is 17.2 Å². The van der Waals surface area contributed by atoms with Crippen molar-refractivity contribution in [3.05, 3.63) is 30.1 Å². The molecule has 0 aromatic carbocycles. The van der Waals surface area contributed by atoms with E-state index in [-0.39, 0.29) is 6.04 Å². The number of hydrogen-bond acceptors (Lipinski definition) is 2. The summed E-state index contributed by atoms with van der Waals surface area (Å²) in [6, 6.07) is 2.87. The summed E-state index contributed by atoms with van der Waals surface area (Å²) >= 11 is 0. The van der Waals surface area contributed by atoms with Crippen LogP contribution >= 0.6 is 0 Å². The second-order valence-corrected chi connectivity index (χ2v) is 3.90. The molecule has 0 radical (unpaired) electrons. The highest BCUT2D eigenvalue weighted by molar-refractivity contribution is 5.12. The number of nitrogens with one attached hydrogen (secondary N) is 1. The van der Waals surface area contributed by atoms with Crippen molar-refractivity contribution in [3.63, 3.8) is 0 Å². The minimum Gasteiger partial charge on any atom is -0.307 e. The van der Waals surface area contributed by atoms with E-state index in [1.807, 2.05) is 13.0 Å². The highest BCUT2D eigenvalue weighted by atomic mass is 19.4. The van der Waals surface area contributed by atoms with Crippen LogP contribution in [0.3, 0.4) is 0 Å². The summed E-state index contributed by atoms with van der Waals surface area (Å²) in [5.41, 5.74) is 0.886. The van der Waals surface area contributed by atoms with Gasteiger partial charge in [-0.05, 0) is 25.5 Å². The number of aromatic nitrogens is 1. The molecule has 0 saturated heterocycles. The third-order valence-electron chi connectivity index (χ3n) is 2.26. The molecule has 0 aliphatic carbocycles. The Morgan fingerprint density at radius 2 is 2.06 bits per heavy atom. The molecule has 2 atom stereocenters. The van der Waals surface area contributed by atoms with E-state index in [4.69, 9.17) is 0 Å². The molecule has 0 amide bonds. The predicted molar refractivity (Wildman–Crippen MR) is 55.9 cm³/mol. The number of rotatable bonds is 4. The van der Waals surface area contributed by atoms with Gasteiger partial charge in [0.1, 0.15) is 0 Å². The lowest BCUT2D eigenvalue weighted by atomic mass is 10.1. The number of alkyl halides is 3.